The third kappa shape index (κ3) is 6.42. The van der Waals surface area contributed by atoms with E-state index in [1.165, 1.54) is 30.6 Å². The average Bonchev–Trinajstić information content (AvgIpc) is 3.47. The molecule has 2 heterocycles. The molecule has 0 spiro atoms. The van der Waals surface area contributed by atoms with Crippen molar-refractivity contribution in [2.24, 2.45) is 5.92 Å². The maximum Gasteiger partial charge on any atom is 0.263 e. The van der Waals surface area contributed by atoms with E-state index in [4.69, 9.17) is 11.6 Å². The lowest BCUT2D eigenvalue weighted by Crippen LogP contribution is -2.48. The van der Waals surface area contributed by atoms with Gasteiger partial charge in [-0.25, -0.2) is 4.98 Å². The summed E-state index contributed by atoms with van der Waals surface area (Å²) < 4.78 is 0. The van der Waals surface area contributed by atoms with Crippen molar-refractivity contribution in [3.8, 4) is 0 Å². The number of nitrogens with one attached hydrogen (secondary N) is 3. The van der Waals surface area contributed by atoms with Crippen molar-refractivity contribution < 1.29 is 9.59 Å². The smallest absolute Gasteiger partial charge is 0.263 e. The molecule has 0 bridgehead atoms. The predicted octanol–water partition coefficient (Wildman–Crippen LogP) is 4.46. The third-order valence-electron chi connectivity index (χ3n) is 6.10. The molecule has 7 nitrogen and oxygen atoms in total. The molecular formula is C23H30ClN5O2S. The van der Waals surface area contributed by atoms with Crippen molar-refractivity contribution in [1.29, 1.82) is 0 Å². The summed E-state index contributed by atoms with van der Waals surface area (Å²) in [6.07, 6.45) is 11.9. The first-order valence-corrected chi connectivity index (χ1v) is 12.6. The van der Waals surface area contributed by atoms with Crippen molar-refractivity contribution in [3.63, 3.8) is 0 Å². The Morgan fingerprint density at radius 1 is 1.16 bits per heavy atom. The number of aromatic nitrogens is 2. The van der Waals surface area contributed by atoms with Gasteiger partial charge < -0.3 is 16.0 Å². The number of thiazole rings is 1. The Hall–Kier alpha value is -2.19. The molecule has 2 amide bonds. The van der Waals surface area contributed by atoms with Gasteiger partial charge in [-0.3, -0.25) is 14.6 Å². The number of pyridine rings is 1. The SMILES string of the molecule is Cc1ncc(Cl)cc1NCc1ncc(C(=O)NC(CC2CCCCC2)C(=O)NC2CC2)s1. The molecule has 2 aromatic rings. The first kappa shape index (κ1) is 23.0. The van der Waals surface area contributed by atoms with Crippen LogP contribution in [0.25, 0.3) is 0 Å². The zero-order chi connectivity index (χ0) is 22.5. The topological polar surface area (TPSA) is 96.0 Å². The molecule has 0 aliphatic heterocycles. The van der Waals surface area contributed by atoms with Gasteiger partial charge in [0.1, 0.15) is 15.9 Å². The summed E-state index contributed by atoms with van der Waals surface area (Å²) in [7, 11) is 0. The zero-order valence-electron chi connectivity index (χ0n) is 18.3. The quantitative estimate of drug-likeness (QED) is 0.497. The molecule has 2 aliphatic carbocycles. The number of hydrogen-bond acceptors (Lipinski definition) is 6. The third-order valence-corrected chi connectivity index (χ3v) is 7.30. The van der Waals surface area contributed by atoms with Crippen LogP contribution in [0.5, 0.6) is 0 Å². The normalized spacial score (nSPS) is 17.6. The summed E-state index contributed by atoms with van der Waals surface area (Å²) in [4.78, 5) is 34.8. The number of hydrogen-bond donors (Lipinski definition) is 3. The van der Waals surface area contributed by atoms with Crippen LogP contribution in [0.4, 0.5) is 5.69 Å². The van der Waals surface area contributed by atoms with E-state index in [1.807, 2.05) is 13.0 Å². The van der Waals surface area contributed by atoms with Gasteiger partial charge in [-0.05, 0) is 38.2 Å². The second-order valence-electron chi connectivity index (χ2n) is 8.81. The van der Waals surface area contributed by atoms with Gasteiger partial charge in [0.05, 0.1) is 29.1 Å². The van der Waals surface area contributed by atoms with Gasteiger partial charge in [0, 0.05) is 12.2 Å². The van der Waals surface area contributed by atoms with Crippen LogP contribution in [0.15, 0.2) is 18.5 Å². The van der Waals surface area contributed by atoms with Gasteiger partial charge in [-0.2, -0.15) is 0 Å². The van der Waals surface area contributed by atoms with Gasteiger partial charge in [0.25, 0.3) is 5.91 Å². The Morgan fingerprint density at radius 3 is 2.69 bits per heavy atom. The van der Waals surface area contributed by atoms with Gasteiger partial charge in [-0.15, -0.1) is 11.3 Å². The summed E-state index contributed by atoms with van der Waals surface area (Å²) >= 11 is 7.35. The van der Waals surface area contributed by atoms with Crippen molar-refractivity contribution >= 4 is 40.4 Å². The fraction of sp³-hybridized carbons (Fsp3) is 0.565. The van der Waals surface area contributed by atoms with E-state index in [-0.39, 0.29) is 17.9 Å². The van der Waals surface area contributed by atoms with Gasteiger partial charge in [-0.1, -0.05) is 43.7 Å². The standard InChI is InChI=1S/C23H30ClN5O2S/c1-14-18(10-16(24)11-25-14)26-13-21-27-12-20(32-21)23(31)29-19(22(30)28-17-7-8-17)9-15-5-3-2-4-6-15/h10-12,15,17,19,26H,2-9,13H2,1H3,(H,28,30)(H,29,31). The molecular weight excluding hydrogens is 446 g/mol. The Balaban J connectivity index is 1.36. The van der Waals surface area contributed by atoms with Crippen molar-refractivity contribution in [2.45, 2.75) is 76.9 Å². The van der Waals surface area contributed by atoms with E-state index in [1.54, 1.807) is 12.4 Å². The van der Waals surface area contributed by atoms with E-state index in [0.717, 1.165) is 42.1 Å². The lowest BCUT2D eigenvalue weighted by molar-refractivity contribution is -0.123. The van der Waals surface area contributed by atoms with Crippen LogP contribution in [-0.4, -0.2) is 33.9 Å². The Bertz CT molecular complexity index is 956. The highest BCUT2D eigenvalue weighted by Gasteiger charge is 2.31. The minimum Gasteiger partial charge on any atom is -0.377 e. The number of rotatable bonds is 9. The largest absolute Gasteiger partial charge is 0.377 e. The number of aryl methyl sites for hydroxylation is 1. The Labute approximate surface area is 197 Å². The number of nitrogens with zero attached hydrogens (tertiary/aromatic N) is 2. The van der Waals surface area contributed by atoms with E-state index in [2.05, 4.69) is 25.9 Å². The highest BCUT2D eigenvalue weighted by molar-refractivity contribution is 7.13. The summed E-state index contributed by atoms with van der Waals surface area (Å²) in [6.45, 7) is 2.37. The molecule has 9 heteroatoms. The molecule has 2 fully saturated rings. The van der Waals surface area contributed by atoms with E-state index in [9.17, 15) is 9.59 Å². The van der Waals surface area contributed by atoms with Gasteiger partial charge >= 0.3 is 0 Å². The number of amides is 2. The number of carbonyl (C=O) groups is 2. The number of halogens is 1. The van der Waals surface area contributed by atoms with Crippen LogP contribution in [0.1, 0.15) is 71.7 Å². The van der Waals surface area contributed by atoms with E-state index >= 15 is 0 Å². The monoisotopic (exact) mass is 475 g/mol. The van der Waals surface area contributed by atoms with Crippen LogP contribution in [0, 0.1) is 12.8 Å². The molecule has 3 N–H and O–H groups in total. The fourth-order valence-corrected chi connectivity index (χ4v) is 5.02. The average molecular weight is 476 g/mol. The molecule has 2 aliphatic rings. The Kier molecular flexibility index (Phi) is 7.63. The van der Waals surface area contributed by atoms with Crippen molar-refractivity contribution in [1.82, 2.24) is 20.6 Å². The summed E-state index contributed by atoms with van der Waals surface area (Å²) in [5.74, 6) is 0.206. The first-order valence-electron chi connectivity index (χ1n) is 11.4. The Morgan fingerprint density at radius 2 is 1.94 bits per heavy atom. The second-order valence-corrected chi connectivity index (χ2v) is 10.4. The maximum atomic E-state index is 12.9. The van der Waals surface area contributed by atoms with Gasteiger partial charge in [0.2, 0.25) is 5.91 Å². The second kappa shape index (κ2) is 10.6. The van der Waals surface area contributed by atoms with Crippen LogP contribution < -0.4 is 16.0 Å². The number of anilines is 1. The molecule has 0 saturated heterocycles. The van der Waals surface area contributed by atoms with Crippen LogP contribution >= 0.6 is 22.9 Å². The van der Waals surface area contributed by atoms with E-state index in [0.29, 0.717) is 28.8 Å². The minimum absolute atomic E-state index is 0.0539. The molecule has 0 aromatic carbocycles. The molecule has 2 aromatic heterocycles. The zero-order valence-corrected chi connectivity index (χ0v) is 19.9. The highest BCUT2D eigenvalue weighted by atomic mass is 35.5. The lowest BCUT2D eigenvalue weighted by atomic mass is 9.84. The first-order chi connectivity index (χ1) is 15.5. The fourth-order valence-electron chi connectivity index (χ4n) is 4.10. The van der Waals surface area contributed by atoms with E-state index < -0.39 is 6.04 Å². The predicted molar refractivity (Wildman–Crippen MR) is 127 cm³/mol. The molecule has 1 atom stereocenters. The highest BCUT2D eigenvalue weighted by Crippen LogP contribution is 2.28. The molecule has 2 saturated carbocycles. The summed E-state index contributed by atoms with van der Waals surface area (Å²) in [5, 5.41) is 10.7. The summed E-state index contributed by atoms with van der Waals surface area (Å²) in [5.41, 5.74) is 1.68. The maximum absolute atomic E-state index is 12.9. The minimum atomic E-state index is -0.491. The van der Waals surface area contributed by atoms with Crippen LogP contribution in [0.3, 0.4) is 0 Å². The van der Waals surface area contributed by atoms with Crippen molar-refractivity contribution in [2.75, 3.05) is 5.32 Å². The molecule has 32 heavy (non-hydrogen) atoms. The number of carbonyl (C=O) groups excluding carboxylic acids is 2. The molecule has 172 valence electrons. The molecule has 0 radical (unpaired) electrons. The lowest BCUT2D eigenvalue weighted by Gasteiger charge is -2.26. The van der Waals surface area contributed by atoms with Gasteiger partial charge in [0.15, 0.2) is 0 Å². The van der Waals surface area contributed by atoms with Crippen molar-refractivity contribution in [3.05, 3.63) is 39.1 Å². The molecule has 4 rings (SSSR count). The molecule has 1 unspecified atom stereocenters. The van der Waals surface area contributed by atoms with Crippen LogP contribution in [-0.2, 0) is 11.3 Å². The summed E-state index contributed by atoms with van der Waals surface area (Å²) in [6, 6.07) is 1.60. The van der Waals surface area contributed by atoms with Crippen LogP contribution in [0.2, 0.25) is 5.02 Å².